The highest BCUT2D eigenvalue weighted by Gasteiger charge is 2.53. The Balaban J connectivity index is 0.00000302. The second-order valence-electron chi connectivity index (χ2n) is 15.6. The van der Waals surface area contributed by atoms with Crippen molar-refractivity contribution in [2.24, 2.45) is 0 Å². The van der Waals surface area contributed by atoms with Crippen LogP contribution in [-0.2, 0) is 41.7 Å². The largest absolute Gasteiger partial charge is 1.00 e. The molecule has 0 aromatic heterocycles. The van der Waals surface area contributed by atoms with Gasteiger partial charge in [-0.05, 0) is 37.1 Å². The molecule has 4 atom stereocenters. The van der Waals surface area contributed by atoms with Gasteiger partial charge in [0.15, 0.2) is 0 Å². The monoisotopic (exact) mass is 848 g/mol. The van der Waals surface area contributed by atoms with E-state index >= 15 is 0 Å². The first kappa shape index (κ1) is 41.9. The number of ether oxygens (including phenoxy) is 4. The first-order valence-corrected chi connectivity index (χ1v) is 18.5. The van der Waals surface area contributed by atoms with E-state index in [1.165, 1.54) is 13.8 Å². The van der Waals surface area contributed by atoms with Gasteiger partial charge in [0, 0.05) is 89.2 Å². The van der Waals surface area contributed by atoms with Crippen LogP contribution < -0.4 is 43.4 Å². The third-order valence-electron chi connectivity index (χ3n) is 12.1. The van der Waals surface area contributed by atoms with Crippen LogP contribution in [0.4, 0.5) is 0 Å². The molecule has 4 aliphatic rings. The van der Waals surface area contributed by atoms with E-state index in [4.69, 9.17) is 18.9 Å². The third kappa shape index (κ3) is 10.0. The highest BCUT2D eigenvalue weighted by Crippen LogP contribution is 2.45. The number of hydrogen-bond donors (Lipinski definition) is 0. The Morgan fingerprint density at radius 3 is 1.27 bits per heavy atom. The second-order valence-corrected chi connectivity index (χ2v) is 15.6. The Kier molecular flexibility index (Phi) is 14.5. The highest BCUT2D eigenvalue weighted by atomic mass is 79.9. The number of rotatable bonds is 13. The van der Waals surface area contributed by atoms with E-state index < -0.39 is 0 Å². The van der Waals surface area contributed by atoms with Gasteiger partial charge in [0.25, 0.3) is 0 Å². The van der Waals surface area contributed by atoms with Gasteiger partial charge in [0.2, 0.25) is 0 Å². The molecule has 0 amide bonds. The van der Waals surface area contributed by atoms with E-state index in [9.17, 15) is 19.2 Å². The number of piperidine rings is 2. The number of benzene rings is 2. The van der Waals surface area contributed by atoms with E-state index in [1.54, 1.807) is 0 Å². The molecule has 2 aromatic carbocycles. The zero-order valence-corrected chi connectivity index (χ0v) is 34.1. The van der Waals surface area contributed by atoms with Crippen LogP contribution in [0.1, 0.15) is 102 Å². The third-order valence-corrected chi connectivity index (χ3v) is 12.1. The van der Waals surface area contributed by atoms with Crippen molar-refractivity contribution < 1.29 is 81.1 Å². The van der Waals surface area contributed by atoms with Gasteiger partial charge >= 0.3 is 23.9 Å². The molecule has 286 valence electrons. The summed E-state index contributed by atoms with van der Waals surface area (Å²) in [4.78, 5) is 48.5. The van der Waals surface area contributed by atoms with Gasteiger partial charge in [-0.25, -0.2) is 0 Å². The van der Waals surface area contributed by atoms with E-state index in [0.717, 1.165) is 84.5 Å². The van der Waals surface area contributed by atoms with Crippen molar-refractivity contribution in [1.29, 1.82) is 0 Å². The molecule has 0 N–H and O–H groups in total. The Bertz CT molecular complexity index is 1440. The smallest absolute Gasteiger partial charge is 0.308 e. The maximum absolute atomic E-state index is 12.8. The van der Waals surface area contributed by atoms with E-state index in [1.807, 2.05) is 36.4 Å². The number of halogens is 2. The molecule has 4 saturated heterocycles. The van der Waals surface area contributed by atoms with Crippen LogP contribution in [0.5, 0.6) is 11.5 Å². The predicted octanol–water partition coefficient (Wildman–Crippen LogP) is 0.172. The molecule has 10 nitrogen and oxygen atoms in total. The van der Waals surface area contributed by atoms with Gasteiger partial charge < -0.3 is 61.9 Å². The first-order valence-electron chi connectivity index (χ1n) is 18.5. The minimum absolute atomic E-state index is 0. The second kappa shape index (κ2) is 18.0. The zero-order chi connectivity index (χ0) is 35.5. The Labute approximate surface area is 329 Å². The lowest BCUT2D eigenvalue weighted by atomic mass is 9.95. The van der Waals surface area contributed by atoms with E-state index in [2.05, 4.69) is 26.2 Å². The summed E-state index contributed by atoms with van der Waals surface area (Å²) in [7, 11) is 4.62. The van der Waals surface area contributed by atoms with Crippen molar-refractivity contribution in [1.82, 2.24) is 0 Å². The number of carbonyl (C=O) groups excluding carboxylic acids is 4. The summed E-state index contributed by atoms with van der Waals surface area (Å²) < 4.78 is 24.4. The molecule has 52 heavy (non-hydrogen) atoms. The van der Waals surface area contributed by atoms with Crippen molar-refractivity contribution >= 4 is 23.9 Å². The van der Waals surface area contributed by atoms with Crippen molar-refractivity contribution in [3.63, 3.8) is 0 Å². The molecule has 6 rings (SSSR count). The summed E-state index contributed by atoms with van der Waals surface area (Å²) in [5, 5.41) is 0. The van der Waals surface area contributed by atoms with Crippen molar-refractivity contribution in [2.75, 3.05) is 14.1 Å². The number of carbonyl (C=O) groups is 4. The Morgan fingerprint density at radius 2 is 0.942 bits per heavy atom. The molecule has 4 bridgehead atoms. The van der Waals surface area contributed by atoms with Crippen LogP contribution in [0.25, 0.3) is 0 Å². The number of nitrogens with zero attached hydrogens (tertiary/aromatic N) is 2. The van der Waals surface area contributed by atoms with Crippen LogP contribution in [-0.4, -0.2) is 83.3 Å². The summed E-state index contributed by atoms with van der Waals surface area (Å²) in [6, 6.07) is 17.3. The standard InChI is InChI=1S/C40H54N2O8.2BrH/c1-27(43)47-35-11-7-9-29(19-35)25-41(3)31-15-16-32(41)22-37(21-31)49-39(45)13-5-6-14-40(46)50-38-23-33-17-18-34(24-38)42(33,4)26-30-10-8-12-36(20-30)48-28(2)44;;/h7-12,19-20,31-34,37-38H,5-6,13-18,21-26H2,1-4H3;2*1H/q+2;;/p-2. The molecule has 4 heterocycles. The fourth-order valence-corrected chi connectivity index (χ4v) is 9.66. The number of unbranched alkanes of at least 4 members (excludes halogenated alkanes) is 1. The molecule has 0 saturated carbocycles. The predicted molar refractivity (Wildman–Crippen MR) is 186 cm³/mol. The average molecular weight is 851 g/mol. The maximum atomic E-state index is 12.8. The van der Waals surface area contributed by atoms with Crippen molar-refractivity contribution in [3.05, 3.63) is 59.7 Å². The lowest BCUT2D eigenvalue weighted by molar-refractivity contribution is -0.961. The molecule has 4 unspecified atom stereocenters. The van der Waals surface area contributed by atoms with Gasteiger partial charge in [-0.1, -0.05) is 24.3 Å². The van der Waals surface area contributed by atoms with E-state index in [-0.39, 0.29) is 70.0 Å². The summed E-state index contributed by atoms with van der Waals surface area (Å²) in [5.41, 5.74) is 2.29. The Morgan fingerprint density at radius 1 is 0.596 bits per heavy atom. The van der Waals surface area contributed by atoms with Crippen LogP contribution in [0.2, 0.25) is 0 Å². The molecule has 2 aromatic rings. The van der Waals surface area contributed by atoms with Gasteiger partial charge in [0.05, 0.1) is 38.3 Å². The number of fused-ring (bicyclic) bond motifs is 4. The summed E-state index contributed by atoms with van der Waals surface area (Å²) >= 11 is 0. The summed E-state index contributed by atoms with van der Waals surface area (Å²) in [6.07, 6.45) is 9.63. The molecular weight excluding hydrogens is 796 g/mol. The van der Waals surface area contributed by atoms with Gasteiger partial charge in [-0.2, -0.15) is 0 Å². The van der Waals surface area contributed by atoms with Crippen LogP contribution in [0.15, 0.2) is 48.5 Å². The molecular formula is C40H54Br2N2O8. The average Bonchev–Trinajstić information content (AvgIpc) is 3.27. The highest BCUT2D eigenvalue weighted by molar-refractivity contribution is 5.71. The summed E-state index contributed by atoms with van der Waals surface area (Å²) in [5.74, 6) is 0.164. The van der Waals surface area contributed by atoms with Crippen LogP contribution >= 0.6 is 0 Å². The van der Waals surface area contributed by atoms with Crippen LogP contribution in [0.3, 0.4) is 0 Å². The molecule has 4 aliphatic heterocycles. The van der Waals surface area contributed by atoms with Gasteiger partial charge in [0.1, 0.15) is 36.8 Å². The first-order chi connectivity index (χ1) is 23.9. The zero-order valence-electron chi connectivity index (χ0n) is 30.9. The quantitative estimate of drug-likeness (QED) is 0.122. The summed E-state index contributed by atoms with van der Waals surface area (Å²) in [6.45, 7) is 4.54. The molecule has 0 spiro atoms. The molecule has 4 fully saturated rings. The molecule has 0 radical (unpaired) electrons. The van der Waals surface area contributed by atoms with Crippen molar-refractivity contribution in [3.8, 4) is 11.5 Å². The van der Waals surface area contributed by atoms with Gasteiger partial charge in [-0.15, -0.1) is 0 Å². The van der Waals surface area contributed by atoms with Crippen LogP contribution in [0, 0.1) is 0 Å². The Hall–Kier alpha value is -2.80. The lowest BCUT2D eigenvalue weighted by Crippen LogP contribution is -3.00. The van der Waals surface area contributed by atoms with Crippen molar-refractivity contribution in [2.45, 2.75) is 140 Å². The SMILES string of the molecule is CC(=O)Oc1cccc(C[N+]2(C)C3CCC2CC(OC(=O)CCCCC(=O)OC2CC4CCC(C2)[N+]4(C)Cc2cccc(OC(C)=O)c2)C3)c1.[Br-].[Br-]. The molecule has 12 heteroatoms. The molecule has 0 aliphatic carbocycles. The number of quaternary nitrogens is 2. The lowest BCUT2D eigenvalue weighted by Gasteiger charge is -2.47. The minimum atomic E-state index is -0.321. The fraction of sp³-hybridized carbons (Fsp3) is 0.600. The minimum Gasteiger partial charge on any atom is -1.00 e. The number of hydrogen-bond acceptors (Lipinski definition) is 8. The van der Waals surface area contributed by atoms with Gasteiger partial charge in [-0.3, -0.25) is 19.2 Å². The topological polar surface area (TPSA) is 105 Å². The maximum Gasteiger partial charge on any atom is 0.308 e. The number of esters is 4. The fourth-order valence-electron chi connectivity index (χ4n) is 9.66. The van der Waals surface area contributed by atoms with E-state index in [0.29, 0.717) is 61.3 Å². The normalized spacial score (nSPS) is 29.9.